The van der Waals surface area contributed by atoms with Gasteiger partial charge in [-0.25, -0.2) is 4.85 Å². The Morgan fingerprint density at radius 3 is 2.64 bits per heavy atom. The predicted octanol–water partition coefficient (Wildman–Crippen LogP) is 3.17. The Labute approximate surface area is 130 Å². The number of hydrogen-bond donors (Lipinski definition) is 1. The van der Waals surface area contributed by atoms with Crippen LogP contribution >= 0.6 is 0 Å². The fourth-order valence-electron chi connectivity index (χ4n) is 2.75. The van der Waals surface area contributed by atoms with Crippen LogP contribution in [-0.2, 0) is 11.3 Å². The van der Waals surface area contributed by atoms with Gasteiger partial charge in [0.15, 0.2) is 5.69 Å². The molecule has 0 saturated heterocycles. The van der Waals surface area contributed by atoms with Crippen molar-refractivity contribution in [3.63, 3.8) is 0 Å². The molecule has 110 valence electrons. The van der Waals surface area contributed by atoms with E-state index in [1.165, 1.54) is 0 Å². The molecule has 4 nitrogen and oxygen atoms in total. The Morgan fingerprint density at radius 2 is 1.91 bits per heavy atom. The van der Waals surface area contributed by atoms with Crippen LogP contribution in [0.25, 0.3) is 4.85 Å². The number of fused-ring (bicyclic) bond motifs is 1. The summed E-state index contributed by atoms with van der Waals surface area (Å²) in [4.78, 5) is 3.50. The highest BCUT2D eigenvalue weighted by atomic mass is 16.5. The second-order valence-corrected chi connectivity index (χ2v) is 5.59. The van der Waals surface area contributed by atoms with Gasteiger partial charge in [-0.15, -0.1) is 0 Å². The Hall–Kier alpha value is -2.29. The quantitative estimate of drug-likeness (QED) is 0.683. The number of ether oxygens (including phenoxy) is 1. The SMILES string of the molecule is [C-]#[N+]c1cc(C)c(Oc2cc(C)c3c(c2)COB3O)cc1C. The standard InChI is InChI=1S/C17H16BNO3/c1-10-7-16(11(2)6-15(10)19-4)22-14-5-12(3)17-13(8-14)9-21-18(17)20/h5-8,20H,9H2,1-3H3. The average molecular weight is 293 g/mol. The highest BCUT2D eigenvalue weighted by Gasteiger charge is 2.29. The lowest BCUT2D eigenvalue weighted by Crippen LogP contribution is -2.30. The highest BCUT2D eigenvalue weighted by Crippen LogP contribution is 2.32. The third-order valence-corrected chi connectivity index (χ3v) is 3.93. The first kappa shape index (κ1) is 14.6. The second kappa shape index (κ2) is 5.49. The van der Waals surface area contributed by atoms with Crippen molar-refractivity contribution in [3.8, 4) is 11.5 Å². The van der Waals surface area contributed by atoms with Crippen molar-refractivity contribution in [2.45, 2.75) is 27.4 Å². The number of rotatable bonds is 2. The van der Waals surface area contributed by atoms with Crippen LogP contribution in [0, 0.1) is 27.3 Å². The normalized spacial score (nSPS) is 13.0. The van der Waals surface area contributed by atoms with Crippen LogP contribution < -0.4 is 10.2 Å². The molecule has 1 N–H and O–H groups in total. The molecule has 0 aliphatic carbocycles. The zero-order valence-corrected chi connectivity index (χ0v) is 12.8. The van der Waals surface area contributed by atoms with Gasteiger partial charge in [0.05, 0.1) is 13.2 Å². The van der Waals surface area contributed by atoms with E-state index < -0.39 is 7.12 Å². The molecule has 1 aliphatic rings. The first-order valence-corrected chi connectivity index (χ1v) is 7.09. The van der Waals surface area contributed by atoms with Gasteiger partial charge in [-0.3, -0.25) is 0 Å². The lowest BCUT2D eigenvalue weighted by atomic mass is 9.76. The van der Waals surface area contributed by atoms with Crippen LogP contribution in [0.2, 0.25) is 0 Å². The van der Waals surface area contributed by atoms with E-state index in [0.29, 0.717) is 18.0 Å². The molecule has 0 fully saturated rings. The molecule has 0 saturated carbocycles. The van der Waals surface area contributed by atoms with Crippen LogP contribution in [0.5, 0.6) is 11.5 Å². The van der Waals surface area contributed by atoms with E-state index in [-0.39, 0.29) is 0 Å². The van der Waals surface area contributed by atoms with Crippen LogP contribution in [0.15, 0.2) is 24.3 Å². The smallest absolute Gasteiger partial charge is 0.457 e. The van der Waals surface area contributed by atoms with Crippen LogP contribution in [0.1, 0.15) is 22.3 Å². The second-order valence-electron chi connectivity index (χ2n) is 5.59. The summed E-state index contributed by atoms with van der Waals surface area (Å²) < 4.78 is 11.2. The summed E-state index contributed by atoms with van der Waals surface area (Å²) in [6, 6.07) is 7.52. The maximum absolute atomic E-state index is 9.79. The molecule has 0 spiro atoms. The van der Waals surface area contributed by atoms with E-state index in [0.717, 1.165) is 33.5 Å². The molecule has 22 heavy (non-hydrogen) atoms. The van der Waals surface area contributed by atoms with Gasteiger partial charge < -0.3 is 14.4 Å². The van der Waals surface area contributed by atoms with E-state index in [4.69, 9.17) is 16.0 Å². The van der Waals surface area contributed by atoms with Crippen molar-refractivity contribution in [2.75, 3.05) is 0 Å². The van der Waals surface area contributed by atoms with E-state index >= 15 is 0 Å². The van der Waals surface area contributed by atoms with Gasteiger partial charge in [0.25, 0.3) is 0 Å². The molecule has 0 radical (unpaired) electrons. The van der Waals surface area contributed by atoms with Gasteiger partial charge in [-0.2, -0.15) is 0 Å². The van der Waals surface area contributed by atoms with Gasteiger partial charge >= 0.3 is 7.12 Å². The van der Waals surface area contributed by atoms with Gasteiger partial charge in [0.1, 0.15) is 11.5 Å². The Kier molecular flexibility index (Phi) is 3.65. The molecule has 0 unspecified atom stereocenters. The first-order valence-electron chi connectivity index (χ1n) is 7.09. The summed E-state index contributed by atoms with van der Waals surface area (Å²) in [6.07, 6.45) is 0. The number of hydrogen-bond acceptors (Lipinski definition) is 3. The van der Waals surface area contributed by atoms with Gasteiger partial charge in [0.2, 0.25) is 0 Å². The van der Waals surface area contributed by atoms with Gasteiger partial charge in [0, 0.05) is 0 Å². The van der Waals surface area contributed by atoms with E-state index in [1.807, 2.05) is 45.0 Å². The first-order chi connectivity index (χ1) is 10.5. The summed E-state index contributed by atoms with van der Waals surface area (Å²) in [5.74, 6) is 1.45. The monoisotopic (exact) mass is 293 g/mol. The molecule has 5 heteroatoms. The topological polar surface area (TPSA) is 43.0 Å². The summed E-state index contributed by atoms with van der Waals surface area (Å²) in [5.41, 5.74) is 5.20. The lowest BCUT2D eigenvalue weighted by molar-refractivity contribution is 0.275. The maximum Gasteiger partial charge on any atom is 0.492 e. The summed E-state index contributed by atoms with van der Waals surface area (Å²) in [5, 5.41) is 9.79. The molecule has 2 aromatic rings. The molecule has 1 heterocycles. The molecule has 0 atom stereocenters. The zero-order valence-electron chi connectivity index (χ0n) is 12.8. The predicted molar refractivity (Wildman–Crippen MR) is 85.8 cm³/mol. The molecule has 0 aromatic heterocycles. The maximum atomic E-state index is 9.79. The summed E-state index contributed by atoms with van der Waals surface area (Å²) in [7, 11) is -0.842. The van der Waals surface area contributed by atoms with E-state index in [1.54, 1.807) is 0 Å². The number of benzene rings is 2. The van der Waals surface area contributed by atoms with Crippen molar-refractivity contribution in [2.24, 2.45) is 0 Å². The number of aryl methyl sites for hydroxylation is 3. The number of nitrogens with zero attached hydrogens (tertiary/aromatic N) is 1. The minimum absolute atomic E-state index is 0.392. The van der Waals surface area contributed by atoms with E-state index in [9.17, 15) is 5.02 Å². The van der Waals surface area contributed by atoms with Crippen molar-refractivity contribution < 1.29 is 14.4 Å². The average Bonchev–Trinajstić information content (AvgIpc) is 2.84. The van der Waals surface area contributed by atoms with Crippen LogP contribution in [0.3, 0.4) is 0 Å². The van der Waals surface area contributed by atoms with Gasteiger partial charge in [-0.05, 0) is 72.8 Å². The van der Waals surface area contributed by atoms with Crippen molar-refractivity contribution in [1.29, 1.82) is 0 Å². The fraction of sp³-hybridized carbons (Fsp3) is 0.235. The van der Waals surface area contributed by atoms with Crippen molar-refractivity contribution in [1.82, 2.24) is 0 Å². The third-order valence-electron chi connectivity index (χ3n) is 3.93. The summed E-state index contributed by atoms with van der Waals surface area (Å²) in [6.45, 7) is 13.3. The molecule has 0 bridgehead atoms. The molecule has 3 rings (SSSR count). The van der Waals surface area contributed by atoms with Crippen molar-refractivity contribution in [3.05, 3.63) is 57.9 Å². The molecule has 1 aliphatic heterocycles. The Balaban J connectivity index is 1.97. The highest BCUT2D eigenvalue weighted by molar-refractivity contribution is 6.62. The van der Waals surface area contributed by atoms with Gasteiger partial charge in [-0.1, -0.05) is 0 Å². The van der Waals surface area contributed by atoms with E-state index in [2.05, 4.69) is 4.85 Å². The van der Waals surface area contributed by atoms with Crippen molar-refractivity contribution >= 4 is 18.3 Å². The minimum atomic E-state index is -0.842. The van der Waals surface area contributed by atoms with Crippen LogP contribution in [-0.4, -0.2) is 12.1 Å². The Morgan fingerprint density at radius 1 is 1.14 bits per heavy atom. The molecular formula is C17H16BNO3. The largest absolute Gasteiger partial charge is 0.492 e. The lowest BCUT2D eigenvalue weighted by Gasteiger charge is -2.13. The third kappa shape index (κ3) is 2.48. The van der Waals surface area contributed by atoms with Crippen LogP contribution in [0.4, 0.5) is 5.69 Å². The molecule has 0 amide bonds. The zero-order chi connectivity index (χ0) is 15.9. The summed E-state index contributed by atoms with van der Waals surface area (Å²) >= 11 is 0. The molecular weight excluding hydrogens is 277 g/mol. The Bertz CT molecular complexity index is 795. The fourth-order valence-corrected chi connectivity index (χ4v) is 2.75. The molecule has 2 aromatic carbocycles. The minimum Gasteiger partial charge on any atom is -0.457 e.